The molecule has 0 fully saturated rings. The Kier molecular flexibility index (Phi) is 1.43. The topological polar surface area (TPSA) is 12.4 Å². The molecule has 0 saturated carbocycles. The van der Waals surface area contributed by atoms with Crippen LogP contribution in [0.25, 0.3) is 0 Å². The molecule has 1 heteroatoms. The molecule has 1 nitrogen and oxygen atoms in total. The van der Waals surface area contributed by atoms with Crippen LogP contribution in [0, 0.1) is 6.92 Å². The van der Waals surface area contributed by atoms with Crippen molar-refractivity contribution in [3.63, 3.8) is 0 Å². The lowest BCUT2D eigenvalue weighted by atomic mass is 10.0. The van der Waals surface area contributed by atoms with Crippen LogP contribution in [0.5, 0.6) is 0 Å². The van der Waals surface area contributed by atoms with Gasteiger partial charge in [0.15, 0.2) is 0 Å². The average molecular weight is 122 g/mol. The summed E-state index contributed by atoms with van der Waals surface area (Å²) in [6.07, 6.45) is 5.00. The van der Waals surface area contributed by atoms with Gasteiger partial charge >= 0.3 is 0 Å². The number of allylic oxidation sites excluding steroid dienone is 1. The van der Waals surface area contributed by atoms with Crippen molar-refractivity contribution in [2.75, 3.05) is 0 Å². The van der Waals surface area contributed by atoms with E-state index in [1.165, 1.54) is 0 Å². The molecule has 1 aliphatic heterocycles. The largest absolute Gasteiger partial charge is 0.280 e. The van der Waals surface area contributed by atoms with Crippen molar-refractivity contribution in [2.24, 2.45) is 4.99 Å². The molecule has 49 valence electrons. The van der Waals surface area contributed by atoms with Crippen LogP contribution >= 0.6 is 0 Å². The molecule has 0 aromatic carbocycles. The third-order valence-corrected chi connectivity index (χ3v) is 1.62. The molecule has 0 bridgehead atoms. The van der Waals surface area contributed by atoms with Crippen LogP contribution in [0.15, 0.2) is 17.1 Å². The zero-order valence-corrected chi connectivity index (χ0v) is 6.02. The Labute approximate surface area is 56.5 Å². The van der Waals surface area contributed by atoms with Gasteiger partial charge in [-0.25, -0.2) is 0 Å². The molecule has 1 rings (SSSR count). The first-order valence-electron chi connectivity index (χ1n) is 3.21. The summed E-state index contributed by atoms with van der Waals surface area (Å²) in [4.78, 5) is 4.38. The number of hydrogen-bond acceptors (Lipinski definition) is 1. The summed E-state index contributed by atoms with van der Waals surface area (Å²) in [5.41, 5.74) is 1.12. The van der Waals surface area contributed by atoms with Crippen LogP contribution in [0.3, 0.4) is 0 Å². The van der Waals surface area contributed by atoms with Crippen molar-refractivity contribution in [1.82, 2.24) is 0 Å². The first-order chi connectivity index (χ1) is 4.16. The molecule has 0 aromatic heterocycles. The highest BCUT2D eigenvalue weighted by molar-refractivity contribution is 5.95. The van der Waals surface area contributed by atoms with Gasteiger partial charge in [0.2, 0.25) is 0 Å². The van der Waals surface area contributed by atoms with Gasteiger partial charge in [0, 0.05) is 5.71 Å². The quantitative estimate of drug-likeness (QED) is 0.504. The molecule has 1 unspecified atom stereocenters. The zero-order chi connectivity index (χ0) is 6.91. The fourth-order valence-corrected chi connectivity index (χ4v) is 0.917. The third-order valence-electron chi connectivity index (χ3n) is 1.62. The van der Waals surface area contributed by atoms with Crippen LogP contribution in [0.2, 0.25) is 0 Å². The Morgan fingerprint density at radius 1 is 1.78 bits per heavy atom. The Morgan fingerprint density at radius 3 is 2.67 bits per heavy atom. The summed E-state index contributed by atoms with van der Waals surface area (Å²) < 4.78 is 0. The second-order valence-electron chi connectivity index (χ2n) is 2.69. The minimum atomic E-state index is 0.00405. The van der Waals surface area contributed by atoms with Gasteiger partial charge in [-0.05, 0) is 26.3 Å². The number of hydrogen-bond donors (Lipinski definition) is 0. The van der Waals surface area contributed by atoms with E-state index < -0.39 is 0 Å². The highest BCUT2D eigenvalue weighted by atomic mass is 14.9. The first kappa shape index (κ1) is 6.53. The average Bonchev–Trinajstić information content (AvgIpc) is 2.13. The zero-order valence-electron chi connectivity index (χ0n) is 6.02. The Hall–Kier alpha value is -0.590. The predicted octanol–water partition coefficient (Wildman–Crippen LogP) is 2.00. The van der Waals surface area contributed by atoms with Crippen molar-refractivity contribution in [1.29, 1.82) is 0 Å². The summed E-state index contributed by atoms with van der Waals surface area (Å²) in [5.74, 6) is 0. The van der Waals surface area contributed by atoms with Crippen molar-refractivity contribution < 1.29 is 0 Å². The summed E-state index contributed by atoms with van der Waals surface area (Å²) in [6, 6.07) is 0. The molecule has 0 spiro atoms. The van der Waals surface area contributed by atoms with E-state index >= 15 is 0 Å². The van der Waals surface area contributed by atoms with Gasteiger partial charge in [0.05, 0.1) is 5.54 Å². The van der Waals surface area contributed by atoms with E-state index in [4.69, 9.17) is 0 Å². The van der Waals surface area contributed by atoms with Crippen LogP contribution in [0.4, 0.5) is 0 Å². The van der Waals surface area contributed by atoms with Gasteiger partial charge in [-0.2, -0.15) is 0 Å². The molecule has 1 aliphatic rings. The predicted molar refractivity (Wildman–Crippen MR) is 40.6 cm³/mol. The van der Waals surface area contributed by atoms with Crippen molar-refractivity contribution in [3.8, 4) is 0 Å². The maximum Gasteiger partial charge on any atom is 0.0766 e. The van der Waals surface area contributed by atoms with E-state index in [9.17, 15) is 0 Å². The molecule has 9 heavy (non-hydrogen) atoms. The Morgan fingerprint density at radius 2 is 2.44 bits per heavy atom. The minimum absolute atomic E-state index is 0.00405. The third kappa shape index (κ3) is 1.21. The lowest BCUT2D eigenvalue weighted by Gasteiger charge is -2.14. The van der Waals surface area contributed by atoms with Gasteiger partial charge in [0.1, 0.15) is 0 Å². The molecule has 0 saturated heterocycles. The number of aliphatic imine (C=N–C) groups is 1. The van der Waals surface area contributed by atoms with Gasteiger partial charge in [-0.3, -0.25) is 4.99 Å². The number of rotatable bonds is 1. The highest BCUT2D eigenvalue weighted by Crippen LogP contribution is 2.21. The summed E-state index contributed by atoms with van der Waals surface area (Å²) in [6.45, 7) is 7.92. The maximum atomic E-state index is 4.38. The van der Waals surface area contributed by atoms with E-state index in [0.29, 0.717) is 0 Å². The molecule has 1 atom stereocenters. The van der Waals surface area contributed by atoms with Crippen molar-refractivity contribution in [3.05, 3.63) is 19.1 Å². The molecule has 1 heterocycles. The summed E-state index contributed by atoms with van der Waals surface area (Å²) in [7, 11) is 0. The van der Waals surface area contributed by atoms with Crippen LogP contribution in [0.1, 0.15) is 20.3 Å². The molecule has 0 aliphatic carbocycles. The smallest absolute Gasteiger partial charge is 0.0766 e. The van der Waals surface area contributed by atoms with E-state index in [-0.39, 0.29) is 5.54 Å². The molecular weight excluding hydrogens is 110 g/mol. The fraction of sp³-hybridized carbons (Fsp3) is 0.500. The minimum Gasteiger partial charge on any atom is -0.280 e. The van der Waals surface area contributed by atoms with Crippen LogP contribution in [-0.2, 0) is 0 Å². The second-order valence-corrected chi connectivity index (χ2v) is 2.69. The summed E-state index contributed by atoms with van der Waals surface area (Å²) >= 11 is 0. The van der Waals surface area contributed by atoms with E-state index in [0.717, 1.165) is 12.1 Å². The molecule has 0 aromatic rings. The van der Waals surface area contributed by atoms with Crippen molar-refractivity contribution >= 4 is 5.71 Å². The summed E-state index contributed by atoms with van der Waals surface area (Å²) in [5, 5.41) is 0. The van der Waals surface area contributed by atoms with E-state index in [1.807, 2.05) is 13.0 Å². The van der Waals surface area contributed by atoms with Gasteiger partial charge < -0.3 is 0 Å². The molecule has 0 N–H and O–H groups in total. The molecular formula is C8H12N. The number of nitrogens with zero attached hydrogens (tertiary/aromatic N) is 1. The standard InChI is InChI=1S/C8H12N/c1-4-8(3)6-5-7(2)9-8/h5-6H,1,4H2,2-3H3. The Balaban J connectivity index is 2.78. The van der Waals surface area contributed by atoms with Gasteiger partial charge in [-0.1, -0.05) is 13.0 Å². The van der Waals surface area contributed by atoms with E-state index in [2.05, 4.69) is 24.9 Å². The maximum absolute atomic E-state index is 4.38. The normalized spacial score (nSPS) is 33.0. The molecule has 0 amide bonds. The second kappa shape index (κ2) is 1.98. The first-order valence-corrected chi connectivity index (χ1v) is 3.21. The Bertz CT molecular complexity index is 167. The van der Waals surface area contributed by atoms with E-state index in [1.54, 1.807) is 0 Å². The SMILES string of the molecule is [CH2]CC1(C)C=CC(C)=N1. The van der Waals surface area contributed by atoms with Crippen LogP contribution in [-0.4, -0.2) is 11.3 Å². The lowest BCUT2D eigenvalue weighted by Crippen LogP contribution is -2.14. The fourth-order valence-electron chi connectivity index (χ4n) is 0.917. The van der Waals surface area contributed by atoms with Crippen molar-refractivity contribution in [2.45, 2.75) is 25.8 Å². The lowest BCUT2D eigenvalue weighted by molar-refractivity contribution is 0.606. The van der Waals surface area contributed by atoms with Gasteiger partial charge in [0.25, 0.3) is 0 Å². The van der Waals surface area contributed by atoms with Crippen LogP contribution < -0.4 is 0 Å². The monoisotopic (exact) mass is 122 g/mol. The highest BCUT2D eigenvalue weighted by Gasteiger charge is 2.19. The molecule has 1 radical (unpaired) electrons. The van der Waals surface area contributed by atoms with Gasteiger partial charge in [-0.15, -0.1) is 0 Å².